The molecule has 1 aliphatic rings. The maximum atomic E-state index is 3.83. The highest BCUT2D eigenvalue weighted by molar-refractivity contribution is 8.00. The molecule has 0 fully saturated rings. The van der Waals surface area contributed by atoms with Crippen molar-refractivity contribution < 1.29 is 0 Å². The van der Waals surface area contributed by atoms with E-state index in [2.05, 4.69) is 155 Å². The van der Waals surface area contributed by atoms with Gasteiger partial charge in [0, 0.05) is 47.2 Å². The van der Waals surface area contributed by atoms with Crippen molar-refractivity contribution in [2.45, 2.75) is 10.3 Å². The molecule has 9 aromatic rings. The molecule has 2 nitrogen and oxygen atoms in total. The molecule has 7 aromatic carbocycles. The van der Waals surface area contributed by atoms with E-state index in [9.17, 15) is 0 Å². The van der Waals surface area contributed by atoms with Crippen LogP contribution in [0.15, 0.2) is 150 Å². The van der Waals surface area contributed by atoms with Crippen molar-refractivity contribution in [1.82, 2.24) is 4.57 Å². The number of hydrogen-bond donors (Lipinski definition) is 1. The molecule has 0 radical (unpaired) electrons. The normalized spacial score (nSPS) is 14.5. The number of rotatable bonds is 3. The summed E-state index contributed by atoms with van der Waals surface area (Å²) in [6, 6.07) is 53.3. The fraction of sp³-hybridized carbons (Fsp3) is 0.0244. The molecule has 1 unspecified atom stereocenters. The van der Waals surface area contributed by atoms with Crippen molar-refractivity contribution in [2.75, 3.05) is 5.32 Å². The highest BCUT2D eigenvalue weighted by Gasteiger charge is 2.27. The van der Waals surface area contributed by atoms with Crippen molar-refractivity contribution in [1.29, 1.82) is 0 Å². The number of benzene rings is 7. The Labute approximate surface area is 268 Å². The molecule has 0 aliphatic carbocycles. The van der Waals surface area contributed by atoms with Gasteiger partial charge in [-0.25, -0.2) is 0 Å². The average Bonchev–Trinajstić information content (AvgIpc) is 3.80. The van der Waals surface area contributed by atoms with Gasteiger partial charge in [-0.2, -0.15) is 0 Å². The number of aromatic nitrogens is 1. The van der Waals surface area contributed by atoms with E-state index >= 15 is 0 Å². The zero-order valence-electron chi connectivity index (χ0n) is 24.2. The minimum atomic E-state index is 0.167. The molecule has 1 N–H and O–H groups in total. The molecular formula is C41H26N2S2. The van der Waals surface area contributed by atoms with E-state index in [1.807, 2.05) is 23.1 Å². The summed E-state index contributed by atoms with van der Waals surface area (Å²) in [5.74, 6) is 0. The summed E-state index contributed by atoms with van der Waals surface area (Å²) >= 11 is 3.83. The summed E-state index contributed by atoms with van der Waals surface area (Å²) in [5.41, 5.74) is 8.70. The maximum absolute atomic E-state index is 3.83. The number of thiophene rings is 1. The molecule has 1 atom stereocenters. The summed E-state index contributed by atoms with van der Waals surface area (Å²) in [6.45, 7) is 0. The van der Waals surface area contributed by atoms with Crippen LogP contribution < -0.4 is 5.32 Å². The molecule has 0 bridgehead atoms. The van der Waals surface area contributed by atoms with Crippen LogP contribution in [0.1, 0.15) is 10.9 Å². The van der Waals surface area contributed by atoms with Crippen LogP contribution in [0.5, 0.6) is 0 Å². The Bertz CT molecular complexity index is 2590. The highest BCUT2D eigenvalue weighted by atomic mass is 32.2. The van der Waals surface area contributed by atoms with Crippen molar-refractivity contribution in [3.05, 3.63) is 151 Å². The van der Waals surface area contributed by atoms with E-state index in [1.165, 1.54) is 85.7 Å². The number of hydrogen-bond acceptors (Lipinski definition) is 3. The molecule has 3 heterocycles. The number of anilines is 1. The lowest BCUT2D eigenvalue weighted by Crippen LogP contribution is -2.01. The molecule has 10 rings (SSSR count). The van der Waals surface area contributed by atoms with Gasteiger partial charge in [-0.05, 0) is 69.9 Å². The van der Waals surface area contributed by atoms with Gasteiger partial charge in [-0.15, -0.1) is 11.3 Å². The fourth-order valence-corrected chi connectivity index (χ4v) is 9.66. The first kappa shape index (κ1) is 25.3. The van der Waals surface area contributed by atoms with E-state index in [0.717, 1.165) is 0 Å². The van der Waals surface area contributed by atoms with Crippen LogP contribution in [0.2, 0.25) is 0 Å². The molecule has 0 saturated heterocycles. The van der Waals surface area contributed by atoms with Crippen molar-refractivity contribution in [2.24, 2.45) is 0 Å². The van der Waals surface area contributed by atoms with Crippen LogP contribution in [0, 0.1) is 0 Å². The number of para-hydroxylation sites is 1. The zero-order valence-corrected chi connectivity index (χ0v) is 25.8. The second-order valence-electron chi connectivity index (χ2n) is 11.8. The Morgan fingerprint density at radius 1 is 0.533 bits per heavy atom. The van der Waals surface area contributed by atoms with Crippen LogP contribution in [0.25, 0.3) is 69.6 Å². The van der Waals surface area contributed by atoms with E-state index in [-0.39, 0.29) is 5.37 Å². The maximum Gasteiger partial charge on any atom is 0.103 e. The Morgan fingerprint density at radius 3 is 2.22 bits per heavy atom. The van der Waals surface area contributed by atoms with Gasteiger partial charge < -0.3 is 9.88 Å². The van der Waals surface area contributed by atoms with Crippen molar-refractivity contribution >= 4 is 81.5 Å². The average molecular weight is 611 g/mol. The number of nitrogens with zero attached hydrogens (tertiary/aromatic N) is 1. The minimum absolute atomic E-state index is 0.167. The predicted octanol–water partition coefficient (Wildman–Crippen LogP) is 12.2. The zero-order chi connectivity index (χ0) is 29.5. The van der Waals surface area contributed by atoms with Gasteiger partial charge in [-0.3, -0.25) is 0 Å². The summed E-state index contributed by atoms with van der Waals surface area (Å²) in [7, 11) is 0. The minimum Gasteiger partial charge on any atom is -0.368 e. The number of nitrogens with one attached hydrogen (secondary N) is 1. The molecule has 212 valence electrons. The topological polar surface area (TPSA) is 17.0 Å². The first-order chi connectivity index (χ1) is 22.3. The summed E-state index contributed by atoms with van der Waals surface area (Å²) in [6.07, 6.45) is 0. The smallest absolute Gasteiger partial charge is 0.103 e. The van der Waals surface area contributed by atoms with Crippen LogP contribution in [-0.2, 0) is 0 Å². The van der Waals surface area contributed by atoms with Gasteiger partial charge in [0.1, 0.15) is 5.37 Å². The van der Waals surface area contributed by atoms with Crippen molar-refractivity contribution in [3.8, 4) is 16.8 Å². The van der Waals surface area contributed by atoms with Gasteiger partial charge in [0.2, 0.25) is 0 Å². The van der Waals surface area contributed by atoms with Crippen LogP contribution in [0.4, 0.5) is 5.69 Å². The number of fused-ring (bicyclic) bond motifs is 10. The van der Waals surface area contributed by atoms with Crippen molar-refractivity contribution in [3.63, 3.8) is 0 Å². The lowest BCUT2D eigenvalue weighted by molar-refractivity contribution is 1.12. The third-order valence-corrected chi connectivity index (χ3v) is 11.6. The van der Waals surface area contributed by atoms with E-state index < -0.39 is 0 Å². The highest BCUT2D eigenvalue weighted by Crippen LogP contribution is 2.53. The van der Waals surface area contributed by atoms with E-state index in [1.54, 1.807) is 0 Å². The Balaban J connectivity index is 1.03. The van der Waals surface area contributed by atoms with Gasteiger partial charge in [0.15, 0.2) is 0 Å². The molecule has 0 saturated carbocycles. The van der Waals surface area contributed by atoms with E-state index in [4.69, 9.17) is 0 Å². The second-order valence-corrected chi connectivity index (χ2v) is 14.0. The summed E-state index contributed by atoms with van der Waals surface area (Å²) in [5, 5.41) is 11.9. The second kappa shape index (κ2) is 9.73. The first-order valence-corrected chi connectivity index (χ1v) is 17.0. The summed E-state index contributed by atoms with van der Waals surface area (Å²) < 4.78 is 5.10. The monoisotopic (exact) mass is 610 g/mol. The Hall–Kier alpha value is -5.03. The first-order valence-electron chi connectivity index (χ1n) is 15.3. The largest absolute Gasteiger partial charge is 0.368 e. The predicted molar refractivity (Wildman–Crippen MR) is 195 cm³/mol. The molecule has 1 aliphatic heterocycles. The molecular weight excluding hydrogens is 585 g/mol. The SMILES string of the molecule is c1ccc(-c2ccc3c(c2)sc2ccc4c(c23)SC(c2ccc(-n3c5ccccc5c5c6ccccc6ccc53)cc2)N4)cc1. The number of thioether (sulfide) groups is 1. The van der Waals surface area contributed by atoms with Crippen LogP contribution in [-0.4, -0.2) is 4.57 Å². The fourth-order valence-electron chi connectivity index (χ4n) is 7.14. The van der Waals surface area contributed by atoms with Gasteiger partial charge in [0.25, 0.3) is 0 Å². The molecule has 0 amide bonds. The molecule has 2 aromatic heterocycles. The van der Waals surface area contributed by atoms with Gasteiger partial charge in [0.05, 0.1) is 11.0 Å². The van der Waals surface area contributed by atoms with Gasteiger partial charge in [-0.1, -0.05) is 115 Å². The standard InChI is InChI=1S/C41H26N2S2/c1-2-8-25(9-3-1)28-16-20-32-37(24-28)44-36-23-21-33-40(39(32)36)45-41(42-33)27-14-18-29(19-15-27)43-34-13-7-6-12-31(34)38-30-11-5-4-10-26(30)17-22-35(38)43/h1-24,41-42H. The van der Waals surface area contributed by atoms with Crippen LogP contribution in [0.3, 0.4) is 0 Å². The lowest BCUT2D eigenvalue weighted by atomic mass is 10.0. The summed E-state index contributed by atoms with van der Waals surface area (Å²) in [4.78, 5) is 1.36. The lowest BCUT2D eigenvalue weighted by Gasteiger charge is -2.13. The third kappa shape index (κ3) is 3.83. The van der Waals surface area contributed by atoms with Crippen LogP contribution >= 0.6 is 23.1 Å². The molecule has 4 heteroatoms. The van der Waals surface area contributed by atoms with E-state index in [0.29, 0.717) is 0 Å². The Kier molecular flexibility index (Phi) is 5.48. The van der Waals surface area contributed by atoms with Gasteiger partial charge >= 0.3 is 0 Å². The molecule has 0 spiro atoms. The quantitative estimate of drug-likeness (QED) is 0.214. The Morgan fingerprint density at radius 2 is 1.33 bits per heavy atom. The third-order valence-electron chi connectivity index (χ3n) is 9.24. The molecule has 45 heavy (non-hydrogen) atoms.